The van der Waals surface area contributed by atoms with Gasteiger partial charge in [0.1, 0.15) is 0 Å². The summed E-state index contributed by atoms with van der Waals surface area (Å²) in [7, 11) is 2.16. The van der Waals surface area contributed by atoms with E-state index in [2.05, 4.69) is 129 Å². The summed E-state index contributed by atoms with van der Waals surface area (Å²) in [6.07, 6.45) is 14.9. The van der Waals surface area contributed by atoms with E-state index in [4.69, 9.17) is 0 Å². The number of likely N-dealkylation sites (N-methyl/N-ethyl adjacent to an activating group) is 1. The van der Waals surface area contributed by atoms with E-state index in [1.54, 1.807) is 0 Å². The molecule has 0 fully saturated rings. The van der Waals surface area contributed by atoms with Crippen LogP contribution in [0.25, 0.3) is 0 Å². The lowest BCUT2D eigenvalue weighted by atomic mass is 9.80. The molecule has 0 spiro atoms. The number of unbranched alkanes of at least 4 members (excludes halogenated alkanes) is 2. The van der Waals surface area contributed by atoms with Crippen molar-refractivity contribution in [3.05, 3.63) is 95.7 Å². The van der Waals surface area contributed by atoms with Gasteiger partial charge in [-0.1, -0.05) is 94.8 Å². The highest BCUT2D eigenvalue weighted by atomic mass is 16.1. The third-order valence-electron chi connectivity index (χ3n) is 8.37. The second-order valence-electron chi connectivity index (χ2n) is 11.7. The van der Waals surface area contributed by atoms with Crippen molar-refractivity contribution in [3.63, 3.8) is 0 Å². The van der Waals surface area contributed by atoms with Gasteiger partial charge in [0.25, 0.3) is 0 Å². The molecule has 202 valence electrons. The van der Waals surface area contributed by atoms with Crippen LogP contribution < -0.4 is 15.1 Å². The van der Waals surface area contributed by atoms with Gasteiger partial charge in [0.15, 0.2) is 0 Å². The van der Waals surface area contributed by atoms with Crippen LogP contribution in [-0.2, 0) is 15.6 Å². The molecule has 4 rings (SSSR count). The van der Waals surface area contributed by atoms with E-state index in [1.807, 2.05) is 6.92 Å². The highest BCUT2D eigenvalue weighted by Gasteiger charge is 2.42. The number of amides is 1. The molecule has 4 nitrogen and oxygen atoms in total. The highest BCUT2D eigenvalue weighted by Crippen LogP contribution is 2.47. The molecule has 0 saturated carbocycles. The number of carbonyl (C=O) groups is 1. The van der Waals surface area contributed by atoms with Crippen molar-refractivity contribution in [3.8, 4) is 0 Å². The third-order valence-corrected chi connectivity index (χ3v) is 8.37. The maximum Gasteiger partial charge on any atom is 0.219 e. The highest BCUT2D eigenvalue weighted by molar-refractivity contribution is 5.75. The lowest BCUT2D eigenvalue weighted by Gasteiger charge is -2.32. The molecule has 2 aromatic rings. The van der Waals surface area contributed by atoms with Gasteiger partial charge in [0, 0.05) is 54.5 Å². The molecule has 38 heavy (non-hydrogen) atoms. The SMILES string of the molecule is CCNC(=O)CCCCCN1c2ccccc2C(C)(C)C1C=C/C=C/C=C1/N(C)c2ccccc2C1(C)C. The number of hydrogen-bond acceptors (Lipinski definition) is 3. The first-order valence-corrected chi connectivity index (χ1v) is 14.2. The number of nitrogens with one attached hydrogen (secondary N) is 1. The zero-order chi connectivity index (χ0) is 27.3. The number of carbonyl (C=O) groups excluding carboxylic acids is 1. The summed E-state index contributed by atoms with van der Waals surface area (Å²) in [4.78, 5) is 16.7. The minimum Gasteiger partial charge on any atom is -0.364 e. The van der Waals surface area contributed by atoms with Crippen molar-refractivity contribution in [1.29, 1.82) is 0 Å². The van der Waals surface area contributed by atoms with E-state index in [1.165, 1.54) is 28.2 Å². The summed E-state index contributed by atoms with van der Waals surface area (Å²) in [6, 6.07) is 17.8. The monoisotopic (exact) mass is 511 g/mol. The van der Waals surface area contributed by atoms with Crippen LogP contribution in [0.15, 0.2) is 84.6 Å². The second kappa shape index (κ2) is 11.6. The minimum atomic E-state index is -0.0114. The van der Waals surface area contributed by atoms with Crippen LogP contribution in [0.2, 0.25) is 0 Å². The fraction of sp³-hybridized carbons (Fsp3) is 0.441. The van der Waals surface area contributed by atoms with Gasteiger partial charge in [0.05, 0.1) is 6.04 Å². The Morgan fingerprint density at radius 3 is 2.29 bits per heavy atom. The van der Waals surface area contributed by atoms with Crippen molar-refractivity contribution in [1.82, 2.24) is 5.32 Å². The number of fused-ring (bicyclic) bond motifs is 2. The van der Waals surface area contributed by atoms with Crippen molar-refractivity contribution >= 4 is 17.3 Å². The molecule has 1 atom stereocenters. The fourth-order valence-electron chi connectivity index (χ4n) is 6.28. The van der Waals surface area contributed by atoms with Gasteiger partial charge >= 0.3 is 0 Å². The molecule has 0 aliphatic carbocycles. The number of anilines is 2. The number of para-hydroxylation sites is 2. The molecule has 1 amide bonds. The van der Waals surface area contributed by atoms with E-state index in [9.17, 15) is 4.79 Å². The Morgan fingerprint density at radius 2 is 1.58 bits per heavy atom. The van der Waals surface area contributed by atoms with Crippen LogP contribution in [0.4, 0.5) is 11.4 Å². The Morgan fingerprint density at radius 1 is 0.895 bits per heavy atom. The first-order chi connectivity index (χ1) is 18.2. The molecule has 0 bridgehead atoms. The first-order valence-electron chi connectivity index (χ1n) is 14.2. The molecule has 1 unspecified atom stereocenters. The maximum atomic E-state index is 11.8. The number of rotatable bonds is 10. The molecule has 0 aromatic heterocycles. The summed E-state index contributed by atoms with van der Waals surface area (Å²) < 4.78 is 0. The van der Waals surface area contributed by atoms with Crippen LogP contribution in [0.3, 0.4) is 0 Å². The summed E-state index contributed by atoms with van der Waals surface area (Å²) in [5.41, 5.74) is 6.75. The van der Waals surface area contributed by atoms with Crippen LogP contribution in [-0.4, -0.2) is 32.1 Å². The van der Waals surface area contributed by atoms with Gasteiger partial charge in [0.2, 0.25) is 5.91 Å². The summed E-state index contributed by atoms with van der Waals surface area (Å²) >= 11 is 0. The molecule has 2 aromatic carbocycles. The quantitative estimate of drug-likeness (QED) is 0.269. The van der Waals surface area contributed by atoms with Gasteiger partial charge in [-0.2, -0.15) is 0 Å². The number of hydrogen-bond donors (Lipinski definition) is 1. The Labute approximate surface area is 230 Å². The van der Waals surface area contributed by atoms with Gasteiger partial charge < -0.3 is 15.1 Å². The average Bonchev–Trinajstić information content (AvgIpc) is 3.23. The van der Waals surface area contributed by atoms with Gasteiger partial charge in [-0.05, 0) is 49.1 Å². The smallest absolute Gasteiger partial charge is 0.219 e. The molecule has 4 heteroatoms. The van der Waals surface area contributed by atoms with E-state index in [0.29, 0.717) is 13.0 Å². The number of nitrogens with zero attached hydrogens (tertiary/aromatic N) is 2. The van der Waals surface area contributed by atoms with Crippen LogP contribution in [0, 0.1) is 0 Å². The van der Waals surface area contributed by atoms with Crippen molar-refractivity contribution in [2.75, 3.05) is 29.9 Å². The fourth-order valence-corrected chi connectivity index (χ4v) is 6.28. The summed E-state index contributed by atoms with van der Waals surface area (Å²) in [6.45, 7) is 13.0. The Hall–Kier alpha value is -3.27. The standard InChI is InChI=1S/C34H45N3O/c1-7-35-32(38)24-12-9-17-25-37-29-21-16-14-19-27(29)34(4,5)31(37)23-11-8-10-22-30-33(2,3)26-18-13-15-20-28(26)36(30)6/h8,10-11,13-16,18-23,31H,7,9,12,17,24-25H2,1-6H3,(H,35,38)/b10-8+,23-11?,30-22+. The van der Waals surface area contributed by atoms with Crippen LogP contribution >= 0.6 is 0 Å². The molecule has 2 aliphatic heterocycles. The Kier molecular flexibility index (Phi) is 8.50. The predicted octanol–water partition coefficient (Wildman–Crippen LogP) is 7.27. The maximum absolute atomic E-state index is 11.8. The molecule has 2 aliphatic rings. The number of benzene rings is 2. The topological polar surface area (TPSA) is 35.6 Å². The molecule has 1 N–H and O–H groups in total. The normalized spacial score (nSPS) is 20.5. The van der Waals surface area contributed by atoms with E-state index >= 15 is 0 Å². The van der Waals surface area contributed by atoms with Crippen molar-refractivity contribution in [2.45, 2.75) is 77.2 Å². The molecular formula is C34H45N3O. The molecular weight excluding hydrogens is 466 g/mol. The zero-order valence-electron chi connectivity index (χ0n) is 24.1. The molecule has 0 radical (unpaired) electrons. The van der Waals surface area contributed by atoms with Gasteiger partial charge in [-0.3, -0.25) is 4.79 Å². The summed E-state index contributed by atoms with van der Waals surface area (Å²) in [5.74, 6) is 0.166. The second-order valence-corrected chi connectivity index (χ2v) is 11.7. The van der Waals surface area contributed by atoms with E-state index < -0.39 is 0 Å². The molecule has 0 saturated heterocycles. The third kappa shape index (κ3) is 5.45. The Bertz CT molecular complexity index is 1220. The van der Waals surface area contributed by atoms with Gasteiger partial charge in [-0.15, -0.1) is 0 Å². The van der Waals surface area contributed by atoms with Gasteiger partial charge in [-0.25, -0.2) is 0 Å². The van der Waals surface area contributed by atoms with E-state index in [-0.39, 0.29) is 22.8 Å². The molecule has 2 heterocycles. The largest absolute Gasteiger partial charge is 0.364 e. The van der Waals surface area contributed by atoms with Crippen LogP contribution in [0.1, 0.15) is 71.4 Å². The van der Waals surface area contributed by atoms with E-state index in [0.717, 1.165) is 25.8 Å². The minimum absolute atomic E-state index is 0.0114. The van der Waals surface area contributed by atoms with Crippen molar-refractivity contribution in [2.24, 2.45) is 0 Å². The summed E-state index contributed by atoms with van der Waals surface area (Å²) in [5, 5.41) is 2.90. The predicted molar refractivity (Wildman–Crippen MR) is 162 cm³/mol. The van der Waals surface area contributed by atoms with Crippen LogP contribution in [0.5, 0.6) is 0 Å². The lowest BCUT2D eigenvalue weighted by molar-refractivity contribution is -0.121. The Balaban J connectivity index is 1.45. The van der Waals surface area contributed by atoms with Crippen molar-refractivity contribution < 1.29 is 4.79 Å². The average molecular weight is 512 g/mol. The first kappa shape index (κ1) is 27.8. The zero-order valence-corrected chi connectivity index (χ0v) is 24.1. The number of allylic oxidation sites excluding steroid dienone is 5. The lowest BCUT2D eigenvalue weighted by Crippen LogP contribution is -2.40.